The summed E-state index contributed by atoms with van der Waals surface area (Å²) < 4.78 is 10.9. The monoisotopic (exact) mass is 421 g/mol. The van der Waals surface area contributed by atoms with Crippen molar-refractivity contribution in [3.8, 4) is 0 Å². The third-order valence-corrected chi connectivity index (χ3v) is 5.75. The topological polar surface area (TPSA) is 78.0 Å². The van der Waals surface area contributed by atoms with Gasteiger partial charge >= 0.3 is 0 Å². The zero-order valence-corrected chi connectivity index (χ0v) is 17.8. The van der Waals surface area contributed by atoms with E-state index in [1.54, 1.807) is 0 Å². The Balaban J connectivity index is 1.38. The summed E-state index contributed by atoms with van der Waals surface area (Å²) in [5, 5.41) is 7.03. The van der Waals surface area contributed by atoms with E-state index in [0.717, 1.165) is 90.4 Å². The van der Waals surface area contributed by atoms with E-state index >= 15 is 0 Å². The molecule has 3 aliphatic rings. The summed E-state index contributed by atoms with van der Waals surface area (Å²) in [6.45, 7) is 10.5. The van der Waals surface area contributed by atoms with Gasteiger partial charge in [0.05, 0.1) is 26.4 Å². The quantitative estimate of drug-likeness (QED) is 0.635. The van der Waals surface area contributed by atoms with Gasteiger partial charge in [0.15, 0.2) is 5.11 Å². The molecule has 3 aliphatic heterocycles. The van der Waals surface area contributed by atoms with Crippen LogP contribution in [0, 0.1) is 0 Å². The van der Waals surface area contributed by atoms with Gasteiger partial charge in [-0.15, -0.1) is 0 Å². The average Bonchev–Trinajstić information content (AvgIpc) is 3.30. The number of nitrogens with one attached hydrogen (secondary N) is 2. The fraction of sp³-hybridized carbons (Fsp3) is 0.737. The first-order valence-corrected chi connectivity index (χ1v) is 11.0. The SMILES string of the molecule is S=C(NCCN1CCOCC1)Nc1nc(N2CCCC2)cc(N2CCOCC2)n1. The standard InChI is InChI=1S/C19H31N7O2S/c29-19(20-3-6-24-7-11-27-12-8-24)23-18-21-16(25-4-1-2-5-25)15-17(22-18)26-9-13-28-14-10-26/h15H,1-14H2,(H2,20,21,22,23,29). The Hall–Kier alpha value is -1.75. The number of rotatable bonds is 6. The van der Waals surface area contributed by atoms with Gasteiger partial charge in [-0.3, -0.25) is 4.90 Å². The predicted molar refractivity (Wildman–Crippen MR) is 118 cm³/mol. The van der Waals surface area contributed by atoms with Gasteiger partial charge in [0, 0.05) is 58.4 Å². The van der Waals surface area contributed by atoms with Crippen molar-refractivity contribution in [3.05, 3.63) is 6.07 Å². The van der Waals surface area contributed by atoms with Crippen LogP contribution in [0.1, 0.15) is 12.8 Å². The smallest absolute Gasteiger partial charge is 0.232 e. The van der Waals surface area contributed by atoms with Crippen molar-refractivity contribution in [1.82, 2.24) is 20.2 Å². The molecular weight excluding hydrogens is 390 g/mol. The molecule has 0 amide bonds. The van der Waals surface area contributed by atoms with E-state index in [0.29, 0.717) is 11.1 Å². The first-order chi connectivity index (χ1) is 14.3. The Labute approximate surface area is 177 Å². The maximum Gasteiger partial charge on any atom is 0.232 e. The van der Waals surface area contributed by atoms with Crippen LogP contribution in [0.25, 0.3) is 0 Å². The highest BCUT2D eigenvalue weighted by Gasteiger charge is 2.20. The fourth-order valence-corrected chi connectivity index (χ4v) is 4.03. The van der Waals surface area contributed by atoms with E-state index in [4.69, 9.17) is 31.7 Å². The number of morpholine rings is 2. The van der Waals surface area contributed by atoms with E-state index in [1.807, 2.05) is 0 Å². The second-order valence-electron chi connectivity index (χ2n) is 7.54. The van der Waals surface area contributed by atoms with Crippen molar-refractivity contribution in [2.24, 2.45) is 0 Å². The van der Waals surface area contributed by atoms with Crippen LogP contribution < -0.4 is 20.4 Å². The van der Waals surface area contributed by atoms with Gasteiger partial charge < -0.3 is 29.9 Å². The number of thiocarbonyl (C=S) groups is 1. The highest BCUT2D eigenvalue weighted by atomic mass is 32.1. The Kier molecular flexibility index (Phi) is 7.31. The van der Waals surface area contributed by atoms with Crippen molar-refractivity contribution in [2.45, 2.75) is 12.8 Å². The lowest BCUT2D eigenvalue weighted by Crippen LogP contribution is -2.42. The number of aromatic nitrogens is 2. The van der Waals surface area contributed by atoms with E-state index in [1.165, 1.54) is 12.8 Å². The number of hydrogen-bond donors (Lipinski definition) is 2. The van der Waals surface area contributed by atoms with Crippen LogP contribution in [-0.4, -0.2) is 98.8 Å². The Morgan fingerprint density at radius 1 is 0.897 bits per heavy atom. The van der Waals surface area contributed by atoms with Crippen LogP contribution in [0.2, 0.25) is 0 Å². The summed E-state index contributed by atoms with van der Waals surface area (Å²) in [6, 6.07) is 2.09. The Morgan fingerprint density at radius 3 is 2.14 bits per heavy atom. The molecule has 10 heteroatoms. The van der Waals surface area contributed by atoms with Crippen molar-refractivity contribution in [3.63, 3.8) is 0 Å². The molecule has 4 rings (SSSR count). The predicted octanol–water partition coefficient (Wildman–Crippen LogP) is 0.532. The van der Waals surface area contributed by atoms with Gasteiger partial charge in [-0.05, 0) is 25.1 Å². The molecule has 0 radical (unpaired) electrons. The Morgan fingerprint density at radius 2 is 1.48 bits per heavy atom. The van der Waals surface area contributed by atoms with Gasteiger partial charge in [-0.1, -0.05) is 0 Å². The third-order valence-electron chi connectivity index (χ3n) is 5.51. The van der Waals surface area contributed by atoms with E-state index in [-0.39, 0.29) is 0 Å². The number of anilines is 3. The number of ether oxygens (including phenoxy) is 2. The normalized spacial score (nSPS) is 20.7. The summed E-state index contributed by atoms with van der Waals surface area (Å²) >= 11 is 5.49. The maximum atomic E-state index is 5.49. The average molecular weight is 422 g/mol. The highest BCUT2D eigenvalue weighted by Crippen LogP contribution is 2.24. The van der Waals surface area contributed by atoms with Crippen LogP contribution in [-0.2, 0) is 9.47 Å². The van der Waals surface area contributed by atoms with Crippen LogP contribution in [0.15, 0.2) is 6.07 Å². The van der Waals surface area contributed by atoms with Gasteiger partial charge in [-0.2, -0.15) is 9.97 Å². The molecule has 0 atom stereocenters. The summed E-state index contributed by atoms with van der Waals surface area (Å²) in [5.74, 6) is 2.46. The molecule has 0 unspecified atom stereocenters. The fourth-order valence-electron chi connectivity index (χ4n) is 3.84. The molecule has 1 aromatic rings. The van der Waals surface area contributed by atoms with E-state index in [9.17, 15) is 0 Å². The minimum atomic E-state index is 0.555. The molecular formula is C19H31N7O2S. The lowest BCUT2D eigenvalue weighted by atomic mass is 10.4. The molecule has 0 spiro atoms. The molecule has 0 aromatic carbocycles. The van der Waals surface area contributed by atoms with Gasteiger partial charge in [0.25, 0.3) is 0 Å². The molecule has 1 aromatic heterocycles. The van der Waals surface area contributed by atoms with Crippen LogP contribution in [0.5, 0.6) is 0 Å². The molecule has 4 heterocycles. The molecule has 160 valence electrons. The third kappa shape index (κ3) is 5.88. The van der Waals surface area contributed by atoms with Gasteiger partial charge in [0.1, 0.15) is 11.6 Å². The van der Waals surface area contributed by atoms with E-state index in [2.05, 4.69) is 31.4 Å². The van der Waals surface area contributed by atoms with Crippen molar-refractivity contribution >= 4 is 34.9 Å². The number of hydrogen-bond acceptors (Lipinski definition) is 8. The number of nitrogens with zero attached hydrogens (tertiary/aromatic N) is 5. The second kappa shape index (κ2) is 10.3. The van der Waals surface area contributed by atoms with E-state index < -0.39 is 0 Å². The van der Waals surface area contributed by atoms with Gasteiger partial charge in [-0.25, -0.2) is 0 Å². The minimum absolute atomic E-state index is 0.555. The van der Waals surface area contributed by atoms with Crippen LogP contribution in [0.4, 0.5) is 17.6 Å². The molecule has 2 N–H and O–H groups in total. The zero-order valence-electron chi connectivity index (χ0n) is 16.9. The largest absolute Gasteiger partial charge is 0.379 e. The Bertz CT molecular complexity index is 675. The highest BCUT2D eigenvalue weighted by molar-refractivity contribution is 7.80. The molecule has 29 heavy (non-hydrogen) atoms. The second-order valence-corrected chi connectivity index (χ2v) is 7.94. The molecule has 3 saturated heterocycles. The van der Waals surface area contributed by atoms with Crippen molar-refractivity contribution in [1.29, 1.82) is 0 Å². The summed E-state index contributed by atoms with van der Waals surface area (Å²) in [5.41, 5.74) is 0. The first-order valence-electron chi connectivity index (χ1n) is 10.6. The van der Waals surface area contributed by atoms with Gasteiger partial charge in [0.2, 0.25) is 5.95 Å². The molecule has 9 nitrogen and oxygen atoms in total. The molecule has 0 aliphatic carbocycles. The van der Waals surface area contributed by atoms with Crippen LogP contribution in [0.3, 0.4) is 0 Å². The lowest BCUT2D eigenvalue weighted by Gasteiger charge is -2.29. The van der Waals surface area contributed by atoms with Crippen molar-refractivity contribution < 1.29 is 9.47 Å². The minimum Gasteiger partial charge on any atom is -0.379 e. The summed E-state index contributed by atoms with van der Waals surface area (Å²) in [4.78, 5) is 16.4. The molecule has 3 fully saturated rings. The first kappa shape index (κ1) is 20.5. The zero-order chi connectivity index (χ0) is 19.9. The maximum absolute atomic E-state index is 5.49. The molecule has 0 saturated carbocycles. The lowest BCUT2D eigenvalue weighted by molar-refractivity contribution is 0.0389. The molecule has 0 bridgehead atoms. The summed E-state index contributed by atoms with van der Waals surface area (Å²) in [6.07, 6.45) is 2.42. The van der Waals surface area contributed by atoms with Crippen molar-refractivity contribution in [2.75, 3.05) is 93.9 Å². The van der Waals surface area contributed by atoms with Crippen LogP contribution >= 0.6 is 12.2 Å². The summed E-state index contributed by atoms with van der Waals surface area (Å²) in [7, 11) is 0.